The zero-order chi connectivity index (χ0) is 6.95. The minimum absolute atomic E-state index is 0.804. The normalized spacial score (nSPS) is 7.11. The zero-order valence-corrected chi connectivity index (χ0v) is 5.78. The third-order valence-electron chi connectivity index (χ3n) is 0.814. The van der Waals surface area contributed by atoms with Crippen LogP contribution < -0.4 is 0 Å². The van der Waals surface area contributed by atoms with Crippen molar-refractivity contribution in [2.45, 2.75) is 26.2 Å². The van der Waals surface area contributed by atoms with Crippen molar-refractivity contribution in [1.29, 1.82) is 0 Å². The van der Waals surface area contributed by atoms with Crippen molar-refractivity contribution < 1.29 is 0 Å². The van der Waals surface area contributed by atoms with Crippen molar-refractivity contribution in [3.8, 4) is 24.2 Å². The number of terminal acetylenes is 1. The Balaban J connectivity index is 3.01. The predicted molar refractivity (Wildman–Crippen MR) is 40.4 cm³/mol. The van der Waals surface area contributed by atoms with Crippen LogP contribution in [0.1, 0.15) is 26.2 Å². The van der Waals surface area contributed by atoms with Crippen molar-refractivity contribution in [1.82, 2.24) is 0 Å². The molecule has 0 N–H and O–H groups in total. The summed E-state index contributed by atoms with van der Waals surface area (Å²) in [5.41, 5.74) is 0. The second kappa shape index (κ2) is 7.12. The van der Waals surface area contributed by atoms with Gasteiger partial charge in [0.25, 0.3) is 0 Å². The molecule has 0 nitrogen and oxygen atoms in total. The molecule has 0 fully saturated rings. The molecule has 0 aliphatic rings. The summed E-state index contributed by atoms with van der Waals surface area (Å²) in [6.45, 7) is 2.03. The second-order valence-electron chi connectivity index (χ2n) is 1.62. The molecule has 0 spiro atoms. The molecule has 0 heterocycles. The maximum absolute atomic E-state index is 5.03. The Bertz CT molecular complexity index is 138. The van der Waals surface area contributed by atoms with Gasteiger partial charge in [-0.3, -0.25) is 0 Å². The van der Waals surface area contributed by atoms with Gasteiger partial charge in [0.2, 0.25) is 0 Å². The number of rotatable bonds is 2. The molecule has 1 radical (unpaired) electrons. The van der Waals surface area contributed by atoms with Gasteiger partial charge in [-0.05, 0) is 6.42 Å². The van der Waals surface area contributed by atoms with Gasteiger partial charge >= 0.3 is 0 Å². The molecule has 0 aliphatic heterocycles. The van der Waals surface area contributed by atoms with Gasteiger partial charge < -0.3 is 0 Å². The predicted octanol–water partition coefficient (Wildman–Crippen LogP) is 2.02. The SMILES string of the molecule is C#CCC[CH]C#CCC. The van der Waals surface area contributed by atoms with Gasteiger partial charge in [-0.2, -0.15) is 0 Å². The first kappa shape index (κ1) is 8.12. The van der Waals surface area contributed by atoms with E-state index in [2.05, 4.69) is 17.8 Å². The van der Waals surface area contributed by atoms with E-state index < -0.39 is 0 Å². The Hall–Kier alpha value is -0.880. The summed E-state index contributed by atoms with van der Waals surface area (Å²) in [5.74, 6) is 8.38. The minimum atomic E-state index is 0.804. The van der Waals surface area contributed by atoms with Crippen LogP contribution in [0, 0.1) is 30.6 Å². The highest BCUT2D eigenvalue weighted by Crippen LogP contribution is 1.88. The molecule has 0 heteroatoms. The molecule has 0 saturated heterocycles. The van der Waals surface area contributed by atoms with Crippen LogP contribution in [0.2, 0.25) is 0 Å². The summed E-state index contributed by atoms with van der Waals surface area (Å²) in [7, 11) is 0. The minimum Gasteiger partial charge on any atom is -0.120 e. The molecule has 0 atom stereocenters. The maximum atomic E-state index is 5.03. The van der Waals surface area contributed by atoms with E-state index in [1.54, 1.807) is 0 Å². The Labute approximate surface area is 57.7 Å². The van der Waals surface area contributed by atoms with Gasteiger partial charge in [0.15, 0.2) is 0 Å². The molecule has 0 amide bonds. The zero-order valence-electron chi connectivity index (χ0n) is 5.78. The quantitative estimate of drug-likeness (QED) is 0.385. The lowest BCUT2D eigenvalue weighted by Crippen LogP contribution is -1.69. The fourth-order valence-corrected chi connectivity index (χ4v) is 0.402. The van der Waals surface area contributed by atoms with E-state index in [1.807, 2.05) is 13.3 Å². The molecule has 0 rings (SSSR count). The van der Waals surface area contributed by atoms with Gasteiger partial charge in [-0.15, -0.1) is 18.3 Å². The second-order valence-corrected chi connectivity index (χ2v) is 1.62. The third kappa shape index (κ3) is 7.12. The Morgan fingerprint density at radius 2 is 2.33 bits per heavy atom. The topological polar surface area (TPSA) is 0 Å². The highest BCUT2D eigenvalue weighted by Gasteiger charge is 1.77. The summed E-state index contributed by atoms with van der Waals surface area (Å²) >= 11 is 0. The molecule has 0 bridgehead atoms. The molecular weight excluding hydrogens is 108 g/mol. The van der Waals surface area contributed by atoms with E-state index >= 15 is 0 Å². The summed E-state index contributed by atoms with van der Waals surface area (Å²) in [5, 5.41) is 0. The Morgan fingerprint density at radius 3 is 2.89 bits per heavy atom. The fraction of sp³-hybridized carbons (Fsp3) is 0.444. The maximum Gasteiger partial charge on any atom is 0.0349 e. The van der Waals surface area contributed by atoms with E-state index in [0.29, 0.717) is 0 Å². The highest BCUT2D eigenvalue weighted by molar-refractivity contribution is 5.09. The fourth-order valence-electron chi connectivity index (χ4n) is 0.402. The van der Waals surface area contributed by atoms with Crippen LogP contribution in [-0.2, 0) is 0 Å². The molecule has 0 aromatic heterocycles. The number of hydrogen-bond acceptors (Lipinski definition) is 0. The first-order valence-electron chi connectivity index (χ1n) is 3.15. The van der Waals surface area contributed by atoms with Gasteiger partial charge in [0, 0.05) is 19.3 Å². The van der Waals surface area contributed by atoms with Crippen LogP contribution in [0.25, 0.3) is 0 Å². The van der Waals surface area contributed by atoms with E-state index in [0.717, 1.165) is 19.3 Å². The number of unbranched alkanes of at least 4 members (excludes halogenated alkanes) is 2. The lowest BCUT2D eigenvalue weighted by Gasteiger charge is -1.81. The van der Waals surface area contributed by atoms with Gasteiger partial charge in [0.05, 0.1) is 0 Å². The lowest BCUT2D eigenvalue weighted by atomic mass is 10.2. The van der Waals surface area contributed by atoms with E-state index in [-0.39, 0.29) is 0 Å². The summed E-state index contributed by atoms with van der Waals surface area (Å²) in [4.78, 5) is 0. The van der Waals surface area contributed by atoms with Gasteiger partial charge in [-0.1, -0.05) is 12.8 Å². The smallest absolute Gasteiger partial charge is 0.0349 e. The molecule has 0 aromatic carbocycles. The summed E-state index contributed by atoms with van der Waals surface area (Å²) in [6.07, 6.45) is 9.59. The lowest BCUT2D eigenvalue weighted by molar-refractivity contribution is 1.04. The first-order valence-corrected chi connectivity index (χ1v) is 3.15. The Kier molecular flexibility index (Phi) is 6.42. The van der Waals surface area contributed by atoms with E-state index in [9.17, 15) is 0 Å². The van der Waals surface area contributed by atoms with Crippen LogP contribution in [0.5, 0.6) is 0 Å². The first-order chi connectivity index (χ1) is 4.41. The largest absolute Gasteiger partial charge is 0.120 e. The molecule has 0 aromatic rings. The van der Waals surface area contributed by atoms with Crippen LogP contribution >= 0.6 is 0 Å². The molecule has 0 saturated carbocycles. The standard InChI is InChI=1S/C9H11/c1-3-5-7-9-8-6-4-2/h1,9H,4-5,7H2,2H3. The molecule has 47 valence electrons. The monoisotopic (exact) mass is 119 g/mol. The van der Waals surface area contributed by atoms with Crippen molar-refractivity contribution >= 4 is 0 Å². The number of hydrogen-bond donors (Lipinski definition) is 0. The van der Waals surface area contributed by atoms with Crippen LogP contribution in [0.3, 0.4) is 0 Å². The van der Waals surface area contributed by atoms with Crippen LogP contribution in [0.15, 0.2) is 0 Å². The molecule has 0 aliphatic carbocycles. The molecular formula is C9H11. The highest BCUT2D eigenvalue weighted by atomic mass is 13.8. The Morgan fingerprint density at radius 1 is 1.56 bits per heavy atom. The van der Waals surface area contributed by atoms with Crippen LogP contribution in [0.4, 0.5) is 0 Å². The average molecular weight is 119 g/mol. The van der Waals surface area contributed by atoms with Gasteiger partial charge in [0.1, 0.15) is 0 Å². The van der Waals surface area contributed by atoms with E-state index in [1.165, 1.54) is 0 Å². The summed E-state index contributed by atoms with van der Waals surface area (Å²) in [6, 6.07) is 0. The van der Waals surface area contributed by atoms with E-state index in [4.69, 9.17) is 6.42 Å². The summed E-state index contributed by atoms with van der Waals surface area (Å²) < 4.78 is 0. The van der Waals surface area contributed by atoms with Gasteiger partial charge in [-0.25, -0.2) is 0 Å². The molecule has 0 unspecified atom stereocenters. The van der Waals surface area contributed by atoms with Crippen LogP contribution in [-0.4, -0.2) is 0 Å². The van der Waals surface area contributed by atoms with Crippen molar-refractivity contribution in [2.75, 3.05) is 0 Å². The third-order valence-corrected chi connectivity index (χ3v) is 0.814. The van der Waals surface area contributed by atoms with Crippen molar-refractivity contribution in [3.05, 3.63) is 6.42 Å². The molecule has 9 heavy (non-hydrogen) atoms. The van der Waals surface area contributed by atoms with Crippen molar-refractivity contribution in [2.24, 2.45) is 0 Å². The van der Waals surface area contributed by atoms with Crippen molar-refractivity contribution in [3.63, 3.8) is 0 Å². The average Bonchev–Trinajstić information content (AvgIpc) is 1.89.